The van der Waals surface area contributed by atoms with Crippen LogP contribution in [0.1, 0.15) is 34.4 Å². The maximum Gasteiger partial charge on any atom is 0.408 e. The molecule has 2 aromatic carbocycles. The lowest BCUT2D eigenvalue weighted by atomic mass is 9.96. The SMILES string of the molecule is O=C1NC(c2cc(C#Cc3ccccc3)cnc2F)C(c2cc(F)ccc2F)O1. The summed E-state index contributed by atoms with van der Waals surface area (Å²) in [6.07, 6.45) is -0.875. The van der Waals surface area contributed by atoms with Gasteiger partial charge >= 0.3 is 6.09 Å². The number of hydrogen-bond acceptors (Lipinski definition) is 3. The minimum absolute atomic E-state index is 0.0376. The van der Waals surface area contributed by atoms with Gasteiger partial charge in [-0.05, 0) is 36.4 Å². The molecule has 1 aliphatic rings. The van der Waals surface area contributed by atoms with Gasteiger partial charge in [0, 0.05) is 28.5 Å². The lowest BCUT2D eigenvalue weighted by Gasteiger charge is -2.18. The van der Waals surface area contributed by atoms with Gasteiger partial charge in [-0.2, -0.15) is 4.39 Å². The van der Waals surface area contributed by atoms with E-state index in [1.807, 2.05) is 30.3 Å². The Balaban J connectivity index is 1.72. The minimum atomic E-state index is -1.26. The van der Waals surface area contributed by atoms with Crippen LogP contribution in [-0.4, -0.2) is 11.1 Å². The first-order valence-electron chi connectivity index (χ1n) is 8.66. The van der Waals surface area contributed by atoms with Crippen LogP contribution in [0.2, 0.25) is 0 Å². The lowest BCUT2D eigenvalue weighted by molar-refractivity contribution is 0.129. The molecular weight excluding hydrogens is 381 g/mol. The Bertz CT molecular complexity index is 1140. The molecule has 144 valence electrons. The molecule has 1 aliphatic heterocycles. The molecule has 0 saturated carbocycles. The van der Waals surface area contributed by atoms with Crippen LogP contribution in [0.5, 0.6) is 0 Å². The van der Waals surface area contributed by atoms with Gasteiger partial charge in [0.15, 0.2) is 6.10 Å². The van der Waals surface area contributed by atoms with Gasteiger partial charge in [0.2, 0.25) is 5.95 Å². The first-order chi connectivity index (χ1) is 14.0. The van der Waals surface area contributed by atoms with Crippen molar-refractivity contribution >= 4 is 6.09 Å². The van der Waals surface area contributed by atoms with Crippen LogP contribution < -0.4 is 5.32 Å². The maximum atomic E-state index is 14.4. The number of ether oxygens (including phenoxy) is 1. The molecule has 0 radical (unpaired) electrons. The summed E-state index contributed by atoms with van der Waals surface area (Å²) in [5.74, 6) is 3.45. The van der Waals surface area contributed by atoms with Gasteiger partial charge in [0.25, 0.3) is 0 Å². The third kappa shape index (κ3) is 3.92. The Labute approximate surface area is 164 Å². The zero-order chi connectivity index (χ0) is 20.4. The fraction of sp³-hybridized carbons (Fsp3) is 0.0909. The van der Waals surface area contributed by atoms with Gasteiger partial charge in [-0.3, -0.25) is 0 Å². The van der Waals surface area contributed by atoms with Crippen molar-refractivity contribution in [2.24, 2.45) is 0 Å². The Morgan fingerprint density at radius 3 is 2.48 bits per heavy atom. The fourth-order valence-electron chi connectivity index (χ4n) is 3.05. The van der Waals surface area contributed by atoms with E-state index in [4.69, 9.17) is 4.74 Å². The number of benzene rings is 2. The van der Waals surface area contributed by atoms with E-state index < -0.39 is 35.8 Å². The molecule has 2 unspecified atom stereocenters. The van der Waals surface area contributed by atoms with Crippen molar-refractivity contribution in [2.45, 2.75) is 12.1 Å². The zero-order valence-electron chi connectivity index (χ0n) is 14.8. The van der Waals surface area contributed by atoms with Gasteiger partial charge in [0.05, 0.1) is 0 Å². The number of nitrogens with one attached hydrogen (secondary N) is 1. The van der Waals surface area contributed by atoms with Gasteiger partial charge in [-0.1, -0.05) is 30.0 Å². The first-order valence-corrected chi connectivity index (χ1v) is 8.66. The Morgan fingerprint density at radius 2 is 1.69 bits per heavy atom. The van der Waals surface area contributed by atoms with Crippen LogP contribution in [-0.2, 0) is 4.74 Å². The number of aromatic nitrogens is 1. The van der Waals surface area contributed by atoms with E-state index in [1.165, 1.54) is 12.3 Å². The van der Waals surface area contributed by atoms with E-state index in [0.29, 0.717) is 5.56 Å². The number of pyridine rings is 1. The summed E-state index contributed by atoms with van der Waals surface area (Å²) in [4.78, 5) is 15.5. The van der Waals surface area contributed by atoms with E-state index >= 15 is 0 Å². The number of carbonyl (C=O) groups is 1. The van der Waals surface area contributed by atoms with E-state index in [2.05, 4.69) is 22.1 Å². The molecule has 1 fully saturated rings. The predicted molar refractivity (Wildman–Crippen MR) is 98.1 cm³/mol. The summed E-state index contributed by atoms with van der Waals surface area (Å²) in [5.41, 5.74) is 0.915. The smallest absolute Gasteiger partial charge is 0.408 e. The first kappa shape index (κ1) is 18.6. The standard InChI is InChI=1S/C22H13F3N2O2/c23-15-8-9-18(24)16(11-15)20-19(27-22(28)29-20)17-10-14(12-26-21(17)25)7-6-13-4-2-1-3-5-13/h1-5,8-12,19-20H,(H,27,28). The molecule has 29 heavy (non-hydrogen) atoms. The minimum Gasteiger partial charge on any atom is -0.439 e. The summed E-state index contributed by atoms with van der Waals surface area (Å²) in [6.45, 7) is 0. The lowest BCUT2D eigenvalue weighted by Crippen LogP contribution is -2.21. The molecule has 0 spiro atoms. The van der Waals surface area contributed by atoms with Crippen molar-refractivity contribution in [3.8, 4) is 11.8 Å². The summed E-state index contributed by atoms with van der Waals surface area (Å²) in [5, 5.41) is 2.43. The zero-order valence-corrected chi connectivity index (χ0v) is 14.8. The molecule has 2 heterocycles. The molecule has 4 nitrogen and oxygen atoms in total. The predicted octanol–water partition coefficient (Wildman–Crippen LogP) is 4.42. The van der Waals surface area contributed by atoms with Crippen LogP contribution in [0.15, 0.2) is 60.8 Å². The number of nitrogens with zero attached hydrogens (tertiary/aromatic N) is 1. The molecule has 1 saturated heterocycles. The number of rotatable bonds is 2. The monoisotopic (exact) mass is 394 g/mol. The third-order valence-corrected chi connectivity index (χ3v) is 4.40. The van der Waals surface area contributed by atoms with E-state index in [9.17, 15) is 18.0 Å². The third-order valence-electron chi connectivity index (χ3n) is 4.40. The van der Waals surface area contributed by atoms with Crippen LogP contribution in [0.4, 0.5) is 18.0 Å². The van der Waals surface area contributed by atoms with Crippen LogP contribution in [0.25, 0.3) is 0 Å². The maximum absolute atomic E-state index is 14.4. The molecule has 4 rings (SSSR count). The van der Waals surface area contributed by atoms with Crippen molar-refractivity contribution in [3.63, 3.8) is 0 Å². The van der Waals surface area contributed by atoms with E-state index in [-0.39, 0.29) is 11.1 Å². The topological polar surface area (TPSA) is 51.2 Å². The quantitative estimate of drug-likeness (QED) is 0.517. The highest BCUT2D eigenvalue weighted by Gasteiger charge is 2.40. The average Bonchev–Trinajstić information content (AvgIpc) is 3.11. The van der Waals surface area contributed by atoms with Crippen molar-refractivity contribution in [1.82, 2.24) is 10.3 Å². The van der Waals surface area contributed by atoms with Crippen molar-refractivity contribution < 1.29 is 22.7 Å². The van der Waals surface area contributed by atoms with Crippen molar-refractivity contribution in [3.05, 3.63) is 101 Å². The highest BCUT2D eigenvalue weighted by Crippen LogP contribution is 2.38. The molecular formula is C22H13F3N2O2. The number of halogens is 3. The Hall–Kier alpha value is -3.79. The van der Waals surface area contributed by atoms with Crippen LogP contribution in [0.3, 0.4) is 0 Å². The molecule has 1 N–H and O–H groups in total. The molecule has 0 aliphatic carbocycles. The summed E-state index contributed by atoms with van der Waals surface area (Å²) in [7, 11) is 0. The van der Waals surface area contributed by atoms with Gasteiger partial charge in [0.1, 0.15) is 17.7 Å². The van der Waals surface area contributed by atoms with Gasteiger partial charge < -0.3 is 10.1 Å². The summed E-state index contributed by atoms with van der Waals surface area (Å²) in [6, 6.07) is 12.3. The summed E-state index contributed by atoms with van der Waals surface area (Å²) < 4.78 is 47.3. The number of carbonyl (C=O) groups excluding carboxylic acids is 1. The molecule has 2 atom stereocenters. The van der Waals surface area contributed by atoms with E-state index in [0.717, 1.165) is 23.8 Å². The summed E-state index contributed by atoms with van der Waals surface area (Å²) >= 11 is 0. The number of amides is 1. The van der Waals surface area contributed by atoms with Gasteiger partial charge in [-0.15, -0.1) is 0 Å². The van der Waals surface area contributed by atoms with Crippen LogP contribution >= 0.6 is 0 Å². The Kier molecular flexibility index (Phi) is 4.92. The fourth-order valence-corrected chi connectivity index (χ4v) is 3.05. The number of hydrogen-bond donors (Lipinski definition) is 1. The van der Waals surface area contributed by atoms with Gasteiger partial charge in [-0.25, -0.2) is 18.6 Å². The highest BCUT2D eigenvalue weighted by atomic mass is 19.1. The Morgan fingerprint density at radius 1 is 0.931 bits per heavy atom. The van der Waals surface area contributed by atoms with Crippen molar-refractivity contribution in [2.75, 3.05) is 0 Å². The van der Waals surface area contributed by atoms with E-state index in [1.54, 1.807) is 0 Å². The molecule has 1 aromatic heterocycles. The second kappa shape index (κ2) is 7.68. The molecule has 3 aromatic rings. The number of alkyl carbamates (subject to hydrolysis) is 1. The normalized spacial score (nSPS) is 17.8. The average molecular weight is 394 g/mol. The largest absolute Gasteiger partial charge is 0.439 e. The second-order valence-electron chi connectivity index (χ2n) is 6.33. The second-order valence-corrected chi connectivity index (χ2v) is 6.33. The molecule has 7 heteroatoms. The number of cyclic esters (lactones) is 1. The molecule has 0 bridgehead atoms. The highest BCUT2D eigenvalue weighted by molar-refractivity contribution is 5.71. The molecule has 1 amide bonds. The van der Waals surface area contributed by atoms with Crippen LogP contribution in [0, 0.1) is 29.4 Å². The van der Waals surface area contributed by atoms with Crippen molar-refractivity contribution in [1.29, 1.82) is 0 Å².